The number of piperidine rings is 1. The van der Waals surface area contributed by atoms with Gasteiger partial charge in [0.05, 0.1) is 0 Å². The minimum atomic E-state index is -1.13. The van der Waals surface area contributed by atoms with Crippen molar-refractivity contribution in [1.29, 1.82) is 0 Å². The van der Waals surface area contributed by atoms with E-state index in [0.29, 0.717) is 12.6 Å². The number of fused-ring (bicyclic) bond motifs is 1. The van der Waals surface area contributed by atoms with Gasteiger partial charge in [0, 0.05) is 45.0 Å². The molecule has 2 aliphatic rings. The summed E-state index contributed by atoms with van der Waals surface area (Å²) in [6.07, 6.45) is 7.01. The molecule has 2 aromatic heterocycles. The van der Waals surface area contributed by atoms with Gasteiger partial charge in [0.2, 0.25) is 0 Å². The van der Waals surface area contributed by atoms with Gasteiger partial charge in [0.15, 0.2) is 0 Å². The standard InChI is InChI=1S/C23H37N3O2Si/c1-17-6-5-9-25(14-17)15-19-12-20-21(18-7-8-18)13-24-23(27)22(20)26(19)16-28-10-11-29(2,3)4/h12-13,17-18H,5-11,14-16H2,1-4H3,(H,24,27). The minimum Gasteiger partial charge on any atom is -0.361 e. The molecule has 0 aromatic carbocycles. The van der Waals surface area contributed by atoms with Crippen molar-refractivity contribution in [1.82, 2.24) is 14.5 Å². The molecule has 0 spiro atoms. The number of pyridine rings is 1. The number of rotatable bonds is 8. The Morgan fingerprint density at radius 1 is 1.24 bits per heavy atom. The molecule has 1 aliphatic heterocycles. The van der Waals surface area contributed by atoms with Crippen molar-refractivity contribution in [2.75, 3.05) is 19.7 Å². The fourth-order valence-corrected chi connectivity index (χ4v) is 5.32. The highest BCUT2D eigenvalue weighted by Crippen LogP contribution is 2.42. The molecule has 0 bridgehead atoms. The van der Waals surface area contributed by atoms with Crippen LogP contribution in [0.3, 0.4) is 0 Å². The van der Waals surface area contributed by atoms with Crippen molar-refractivity contribution in [3.63, 3.8) is 0 Å². The summed E-state index contributed by atoms with van der Waals surface area (Å²) >= 11 is 0. The highest BCUT2D eigenvalue weighted by Gasteiger charge is 2.28. The number of hydrogen-bond donors (Lipinski definition) is 1. The Bertz CT molecular complexity index is 907. The Kier molecular flexibility index (Phi) is 6.05. The van der Waals surface area contributed by atoms with Crippen LogP contribution in [0.15, 0.2) is 17.1 Å². The second-order valence-corrected chi connectivity index (χ2v) is 16.1. The number of nitrogens with zero attached hydrogens (tertiary/aromatic N) is 2. The van der Waals surface area contributed by atoms with Gasteiger partial charge in [-0.3, -0.25) is 9.69 Å². The molecule has 0 amide bonds. The van der Waals surface area contributed by atoms with Crippen molar-refractivity contribution in [3.05, 3.63) is 33.9 Å². The molecule has 3 heterocycles. The van der Waals surface area contributed by atoms with Crippen LogP contribution >= 0.6 is 0 Å². The Hall–Kier alpha value is -1.37. The van der Waals surface area contributed by atoms with Gasteiger partial charge in [-0.05, 0) is 61.7 Å². The quantitative estimate of drug-likeness (QED) is 0.500. The predicted molar refractivity (Wildman–Crippen MR) is 122 cm³/mol. The first kappa shape index (κ1) is 20.9. The number of aromatic amines is 1. The summed E-state index contributed by atoms with van der Waals surface area (Å²) in [5, 5.41) is 1.14. The third-order valence-electron chi connectivity index (χ3n) is 6.43. The topological polar surface area (TPSA) is 50.3 Å². The van der Waals surface area contributed by atoms with E-state index in [1.807, 2.05) is 6.20 Å². The maximum atomic E-state index is 12.8. The molecular formula is C23H37N3O2Si. The lowest BCUT2D eigenvalue weighted by atomic mass is 10.0. The number of H-pyrrole nitrogens is 1. The van der Waals surface area contributed by atoms with E-state index in [4.69, 9.17) is 4.74 Å². The van der Waals surface area contributed by atoms with Crippen LogP contribution in [0.1, 0.15) is 49.8 Å². The highest BCUT2D eigenvalue weighted by molar-refractivity contribution is 6.76. The third kappa shape index (κ3) is 5.04. The molecule has 4 rings (SSSR count). The molecule has 1 N–H and O–H groups in total. The van der Waals surface area contributed by atoms with Crippen LogP contribution in [-0.4, -0.2) is 42.2 Å². The maximum Gasteiger partial charge on any atom is 0.272 e. The molecule has 1 aliphatic carbocycles. The van der Waals surface area contributed by atoms with E-state index < -0.39 is 8.07 Å². The van der Waals surface area contributed by atoms with E-state index in [2.05, 4.69) is 47.1 Å². The van der Waals surface area contributed by atoms with Crippen LogP contribution in [-0.2, 0) is 18.0 Å². The summed E-state index contributed by atoms with van der Waals surface area (Å²) in [5.41, 5.74) is 3.35. The van der Waals surface area contributed by atoms with Gasteiger partial charge in [0.25, 0.3) is 5.56 Å². The molecule has 1 atom stereocenters. The first-order chi connectivity index (χ1) is 13.8. The molecule has 5 nitrogen and oxygen atoms in total. The summed E-state index contributed by atoms with van der Waals surface area (Å²) in [4.78, 5) is 18.4. The molecule has 2 aromatic rings. The van der Waals surface area contributed by atoms with Gasteiger partial charge in [-0.25, -0.2) is 0 Å². The number of ether oxygens (including phenoxy) is 1. The molecule has 1 saturated heterocycles. The van der Waals surface area contributed by atoms with Crippen molar-refractivity contribution >= 4 is 19.0 Å². The summed E-state index contributed by atoms with van der Waals surface area (Å²) in [6.45, 7) is 13.9. The van der Waals surface area contributed by atoms with Gasteiger partial charge < -0.3 is 14.3 Å². The lowest BCUT2D eigenvalue weighted by Gasteiger charge is -2.31. The molecule has 0 radical (unpaired) electrons. The van der Waals surface area contributed by atoms with Crippen LogP contribution in [0, 0.1) is 5.92 Å². The molecule has 2 fully saturated rings. The normalized spacial score (nSPS) is 21.2. The fraction of sp³-hybridized carbons (Fsp3) is 0.696. The maximum absolute atomic E-state index is 12.8. The number of likely N-dealkylation sites (tertiary alicyclic amines) is 1. The van der Waals surface area contributed by atoms with E-state index in [-0.39, 0.29) is 5.56 Å². The SMILES string of the molecule is CC1CCCN(Cc2cc3c(C4CC4)c[nH]c(=O)c3n2COCC[Si](C)(C)C)C1. The predicted octanol–water partition coefficient (Wildman–Crippen LogP) is 4.75. The van der Waals surface area contributed by atoms with Crippen molar-refractivity contribution in [2.45, 2.75) is 77.5 Å². The average molecular weight is 416 g/mol. The van der Waals surface area contributed by atoms with E-state index >= 15 is 0 Å². The zero-order valence-corrected chi connectivity index (χ0v) is 19.6. The Labute approximate surface area is 175 Å². The first-order valence-electron chi connectivity index (χ1n) is 11.4. The lowest BCUT2D eigenvalue weighted by molar-refractivity contribution is 0.0848. The Morgan fingerprint density at radius 3 is 2.72 bits per heavy atom. The molecular weight excluding hydrogens is 378 g/mol. The molecule has 29 heavy (non-hydrogen) atoms. The minimum absolute atomic E-state index is 0.0106. The van der Waals surface area contributed by atoms with Crippen LogP contribution in [0.25, 0.3) is 10.9 Å². The second-order valence-electron chi connectivity index (χ2n) is 10.5. The number of aromatic nitrogens is 2. The van der Waals surface area contributed by atoms with Crippen molar-refractivity contribution < 1.29 is 4.74 Å². The van der Waals surface area contributed by atoms with Gasteiger partial charge in [-0.2, -0.15) is 0 Å². The lowest BCUT2D eigenvalue weighted by Crippen LogP contribution is -2.34. The Morgan fingerprint density at radius 2 is 2.03 bits per heavy atom. The van der Waals surface area contributed by atoms with Gasteiger partial charge >= 0.3 is 0 Å². The second kappa shape index (κ2) is 8.40. The number of hydrogen-bond acceptors (Lipinski definition) is 3. The Balaban J connectivity index is 1.63. The van der Waals surface area contributed by atoms with Gasteiger partial charge in [-0.15, -0.1) is 0 Å². The van der Waals surface area contributed by atoms with E-state index in [1.54, 1.807) is 0 Å². The molecule has 1 unspecified atom stereocenters. The molecule has 1 saturated carbocycles. The molecule has 6 heteroatoms. The average Bonchev–Trinajstić information content (AvgIpc) is 3.41. The highest BCUT2D eigenvalue weighted by atomic mass is 28.3. The van der Waals surface area contributed by atoms with E-state index in [1.165, 1.54) is 36.9 Å². The monoisotopic (exact) mass is 415 g/mol. The van der Waals surface area contributed by atoms with Crippen LogP contribution in [0.4, 0.5) is 0 Å². The largest absolute Gasteiger partial charge is 0.361 e. The summed E-state index contributed by atoms with van der Waals surface area (Å²) in [6, 6.07) is 3.42. The summed E-state index contributed by atoms with van der Waals surface area (Å²) < 4.78 is 8.27. The number of nitrogens with one attached hydrogen (secondary N) is 1. The van der Waals surface area contributed by atoms with Crippen LogP contribution < -0.4 is 5.56 Å². The summed E-state index contributed by atoms with van der Waals surface area (Å²) in [7, 11) is -1.13. The zero-order valence-electron chi connectivity index (χ0n) is 18.6. The van der Waals surface area contributed by atoms with Gasteiger partial charge in [0.1, 0.15) is 12.2 Å². The van der Waals surface area contributed by atoms with Gasteiger partial charge in [-0.1, -0.05) is 26.6 Å². The smallest absolute Gasteiger partial charge is 0.272 e. The first-order valence-corrected chi connectivity index (χ1v) is 15.1. The summed E-state index contributed by atoms with van der Waals surface area (Å²) in [5.74, 6) is 1.36. The van der Waals surface area contributed by atoms with Crippen molar-refractivity contribution in [3.8, 4) is 0 Å². The fourth-order valence-electron chi connectivity index (χ4n) is 4.56. The van der Waals surface area contributed by atoms with Crippen LogP contribution in [0.5, 0.6) is 0 Å². The van der Waals surface area contributed by atoms with Crippen LogP contribution in [0.2, 0.25) is 25.7 Å². The van der Waals surface area contributed by atoms with Crippen molar-refractivity contribution in [2.24, 2.45) is 5.92 Å². The van der Waals surface area contributed by atoms with E-state index in [0.717, 1.165) is 49.1 Å². The molecule has 160 valence electrons. The third-order valence-corrected chi connectivity index (χ3v) is 8.13. The zero-order chi connectivity index (χ0) is 20.6. The van der Waals surface area contributed by atoms with E-state index in [9.17, 15) is 4.79 Å².